The average molecular weight is 349 g/mol. The smallest absolute Gasteiger partial charge is 0.416 e. The first-order chi connectivity index (χ1) is 11.1. The van der Waals surface area contributed by atoms with E-state index in [9.17, 15) is 32.9 Å². The van der Waals surface area contributed by atoms with E-state index in [1.807, 2.05) is 5.32 Å². The summed E-state index contributed by atoms with van der Waals surface area (Å²) in [4.78, 5) is 32.8. The molecule has 0 aliphatic carbocycles. The molecule has 0 saturated heterocycles. The molecule has 0 aliphatic rings. The number of nitrogens with one attached hydrogen (secondary N) is 1. The Bertz CT molecular complexity index is 702. The Labute approximate surface area is 131 Å². The molecule has 0 atom stereocenters. The topological polar surface area (TPSA) is 131 Å². The van der Waals surface area contributed by atoms with E-state index >= 15 is 0 Å². The van der Waals surface area contributed by atoms with Crippen LogP contribution < -0.4 is 5.32 Å². The molecule has 9 nitrogen and oxygen atoms in total. The molecule has 1 aromatic carbocycles. The molecule has 12 heteroatoms. The molecule has 0 spiro atoms. The van der Waals surface area contributed by atoms with Gasteiger partial charge in [-0.3, -0.25) is 14.9 Å². The summed E-state index contributed by atoms with van der Waals surface area (Å²) in [5, 5.41) is 23.8. The first-order valence-corrected chi connectivity index (χ1v) is 6.18. The Hall–Kier alpha value is -3.18. The zero-order valence-corrected chi connectivity index (χ0v) is 12.0. The minimum atomic E-state index is -4.82. The number of nitro groups is 1. The number of nitrogens with zero attached hydrogens (tertiary/aromatic N) is 2. The van der Waals surface area contributed by atoms with Gasteiger partial charge >= 0.3 is 12.1 Å². The molecule has 0 saturated carbocycles. The Morgan fingerprint density at radius 3 is 2.50 bits per heavy atom. The van der Waals surface area contributed by atoms with Crippen LogP contribution in [-0.2, 0) is 20.5 Å². The van der Waals surface area contributed by atoms with Crippen LogP contribution in [0.5, 0.6) is 0 Å². The van der Waals surface area contributed by atoms with Crippen molar-refractivity contribution in [1.29, 1.82) is 0 Å². The van der Waals surface area contributed by atoms with Crippen LogP contribution in [0.1, 0.15) is 12.5 Å². The second-order valence-electron chi connectivity index (χ2n) is 4.11. The second-order valence-corrected chi connectivity index (χ2v) is 4.11. The van der Waals surface area contributed by atoms with Gasteiger partial charge in [-0.25, -0.2) is 4.79 Å². The minimum absolute atomic E-state index is 0.147. The van der Waals surface area contributed by atoms with Crippen LogP contribution in [0.4, 0.5) is 24.5 Å². The average Bonchev–Trinajstić information content (AvgIpc) is 2.47. The number of nitro benzene ring substituents is 1. The van der Waals surface area contributed by atoms with Crippen LogP contribution in [0, 0.1) is 10.1 Å². The van der Waals surface area contributed by atoms with Gasteiger partial charge in [0.25, 0.3) is 17.3 Å². The lowest BCUT2D eigenvalue weighted by Gasteiger charge is -2.10. The fraction of sp³-hybridized carbons (Fsp3) is 0.250. The first-order valence-electron chi connectivity index (χ1n) is 6.18. The summed E-state index contributed by atoms with van der Waals surface area (Å²) in [6.07, 6.45) is -4.82. The monoisotopic (exact) mass is 349 g/mol. The van der Waals surface area contributed by atoms with Crippen molar-refractivity contribution in [2.45, 2.75) is 13.1 Å². The summed E-state index contributed by atoms with van der Waals surface area (Å²) in [7, 11) is 0. The fourth-order valence-corrected chi connectivity index (χ4v) is 1.52. The zero-order chi connectivity index (χ0) is 18.5. The summed E-state index contributed by atoms with van der Waals surface area (Å²) in [6, 6.07) is 1.36. The van der Waals surface area contributed by atoms with E-state index in [1.165, 1.54) is 6.92 Å². The minimum Gasteiger partial charge on any atom is -0.461 e. The molecule has 1 aromatic rings. The largest absolute Gasteiger partial charge is 0.461 e. The van der Waals surface area contributed by atoms with Crippen molar-refractivity contribution in [1.82, 2.24) is 0 Å². The highest BCUT2D eigenvalue weighted by Crippen LogP contribution is 2.34. The van der Waals surface area contributed by atoms with E-state index < -0.39 is 45.6 Å². The van der Waals surface area contributed by atoms with Gasteiger partial charge in [-0.05, 0) is 19.1 Å². The maximum Gasteiger partial charge on any atom is 0.416 e. The van der Waals surface area contributed by atoms with E-state index in [0.29, 0.717) is 12.1 Å². The number of hydrogen-bond acceptors (Lipinski definition) is 7. The molecule has 24 heavy (non-hydrogen) atoms. The maximum absolute atomic E-state index is 12.6. The molecule has 0 aliphatic heterocycles. The first kappa shape index (κ1) is 18.9. The number of ether oxygens (including phenoxy) is 1. The van der Waals surface area contributed by atoms with Crippen LogP contribution in [0.15, 0.2) is 23.4 Å². The van der Waals surface area contributed by atoms with Crippen molar-refractivity contribution in [2.24, 2.45) is 5.16 Å². The van der Waals surface area contributed by atoms with Gasteiger partial charge in [0, 0.05) is 6.07 Å². The van der Waals surface area contributed by atoms with Gasteiger partial charge in [0.05, 0.1) is 17.1 Å². The van der Waals surface area contributed by atoms with E-state index in [-0.39, 0.29) is 12.7 Å². The third-order valence-corrected chi connectivity index (χ3v) is 2.55. The third-order valence-electron chi connectivity index (χ3n) is 2.55. The number of hydrogen-bond donors (Lipinski definition) is 2. The van der Waals surface area contributed by atoms with Crippen LogP contribution in [-0.4, -0.2) is 34.3 Å². The predicted molar refractivity (Wildman–Crippen MR) is 72.6 cm³/mol. The molecule has 0 radical (unpaired) electrons. The molecule has 1 rings (SSSR count). The SMILES string of the molecule is CCOC(=O)/C(=N/O)C(=O)Nc1ccc(C(F)(F)F)cc1[N+](=O)[O-]. The highest BCUT2D eigenvalue weighted by atomic mass is 19.4. The number of alkyl halides is 3. The molecule has 130 valence electrons. The van der Waals surface area contributed by atoms with E-state index in [4.69, 9.17) is 5.21 Å². The maximum atomic E-state index is 12.6. The standard InChI is InChI=1S/C12H10F3N3O6/c1-2-24-11(20)9(17-21)10(19)16-7-4-3-6(12(13,14)15)5-8(7)18(22)23/h3-5,21H,2H2,1H3,(H,16,19)/b17-9+. The molecular weight excluding hydrogens is 339 g/mol. The Morgan fingerprint density at radius 1 is 1.42 bits per heavy atom. The number of rotatable bonds is 5. The van der Waals surface area contributed by atoms with Crippen molar-refractivity contribution in [3.63, 3.8) is 0 Å². The van der Waals surface area contributed by atoms with Crippen LogP contribution in [0.2, 0.25) is 0 Å². The lowest BCUT2D eigenvalue weighted by Crippen LogP contribution is -2.32. The van der Waals surface area contributed by atoms with Crippen molar-refractivity contribution in [3.05, 3.63) is 33.9 Å². The fourth-order valence-electron chi connectivity index (χ4n) is 1.52. The molecule has 0 unspecified atom stereocenters. The summed E-state index contributed by atoms with van der Waals surface area (Å²) >= 11 is 0. The summed E-state index contributed by atoms with van der Waals surface area (Å²) < 4.78 is 42.1. The molecule has 1 amide bonds. The Balaban J connectivity index is 3.17. The molecule has 2 N–H and O–H groups in total. The molecule has 0 bridgehead atoms. The zero-order valence-electron chi connectivity index (χ0n) is 12.0. The van der Waals surface area contributed by atoms with Crippen molar-refractivity contribution >= 4 is 29.0 Å². The van der Waals surface area contributed by atoms with Crippen LogP contribution in [0.3, 0.4) is 0 Å². The third kappa shape index (κ3) is 4.41. The molecule has 0 heterocycles. The molecule has 0 aromatic heterocycles. The number of oxime groups is 1. The number of halogens is 3. The number of benzene rings is 1. The Morgan fingerprint density at radius 2 is 2.04 bits per heavy atom. The van der Waals surface area contributed by atoms with Gasteiger partial charge in [-0.15, -0.1) is 0 Å². The number of esters is 1. The number of carbonyl (C=O) groups is 2. The lowest BCUT2D eigenvalue weighted by molar-refractivity contribution is -0.384. The van der Waals surface area contributed by atoms with Crippen molar-refractivity contribution in [3.8, 4) is 0 Å². The highest BCUT2D eigenvalue weighted by Gasteiger charge is 2.33. The van der Waals surface area contributed by atoms with Crippen molar-refractivity contribution in [2.75, 3.05) is 11.9 Å². The lowest BCUT2D eigenvalue weighted by atomic mass is 10.1. The van der Waals surface area contributed by atoms with Gasteiger partial charge in [0.2, 0.25) is 0 Å². The highest BCUT2D eigenvalue weighted by molar-refractivity contribution is 6.65. The Kier molecular flexibility index (Phi) is 5.81. The number of amides is 1. The number of anilines is 1. The quantitative estimate of drug-likeness (QED) is 0.209. The number of carbonyl (C=O) groups excluding carboxylic acids is 2. The van der Waals surface area contributed by atoms with Crippen LogP contribution >= 0.6 is 0 Å². The van der Waals surface area contributed by atoms with Gasteiger partial charge in [-0.2, -0.15) is 13.2 Å². The summed E-state index contributed by atoms with van der Waals surface area (Å²) in [5.41, 5.74) is -4.09. The molecular formula is C12H10F3N3O6. The van der Waals surface area contributed by atoms with E-state index in [0.717, 1.165) is 0 Å². The summed E-state index contributed by atoms with van der Waals surface area (Å²) in [5.74, 6) is -2.70. The van der Waals surface area contributed by atoms with E-state index in [1.54, 1.807) is 0 Å². The van der Waals surface area contributed by atoms with Gasteiger partial charge in [0.1, 0.15) is 5.69 Å². The van der Waals surface area contributed by atoms with Gasteiger partial charge in [-0.1, -0.05) is 5.16 Å². The second kappa shape index (κ2) is 7.39. The van der Waals surface area contributed by atoms with E-state index in [2.05, 4.69) is 9.89 Å². The summed E-state index contributed by atoms with van der Waals surface area (Å²) in [6.45, 7) is 1.26. The molecule has 0 fully saturated rings. The normalized spacial score (nSPS) is 11.8. The predicted octanol–water partition coefficient (Wildman–Crippen LogP) is 1.95. The van der Waals surface area contributed by atoms with Gasteiger partial charge < -0.3 is 15.3 Å². The van der Waals surface area contributed by atoms with Crippen LogP contribution in [0.25, 0.3) is 0 Å². The van der Waals surface area contributed by atoms with Crippen molar-refractivity contribution < 1.29 is 37.6 Å². The van der Waals surface area contributed by atoms with Gasteiger partial charge in [0.15, 0.2) is 0 Å².